The minimum absolute atomic E-state index is 0.149. The van der Waals surface area contributed by atoms with E-state index in [4.69, 9.17) is 5.73 Å². The second-order valence-corrected chi connectivity index (χ2v) is 4.61. The molecule has 0 aromatic heterocycles. The van der Waals surface area contributed by atoms with Crippen LogP contribution in [0.5, 0.6) is 0 Å². The Bertz CT molecular complexity index is 260. The molecule has 0 radical (unpaired) electrons. The molecule has 1 atom stereocenters. The minimum Gasteiger partial charge on any atom is -0.311 e. The van der Waals surface area contributed by atoms with E-state index in [-0.39, 0.29) is 12.1 Å². The smallest absolute Gasteiger partial charge is 0.116 e. The van der Waals surface area contributed by atoms with Crippen molar-refractivity contribution in [2.45, 2.75) is 11.8 Å². The molecular formula is C8H9BrFNS. The van der Waals surface area contributed by atoms with Gasteiger partial charge in [0.1, 0.15) is 4.87 Å². The number of halogens is 2. The lowest BCUT2D eigenvalue weighted by Crippen LogP contribution is -2.27. The first-order chi connectivity index (χ1) is 5.56. The van der Waals surface area contributed by atoms with Crippen LogP contribution in [0.15, 0.2) is 28.7 Å². The fourth-order valence-electron chi connectivity index (χ4n) is 0.825. The van der Waals surface area contributed by atoms with E-state index in [1.807, 2.05) is 12.1 Å². The molecule has 66 valence electrons. The molecule has 0 fully saturated rings. The molecule has 4 heteroatoms. The van der Waals surface area contributed by atoms with Gasteiger partial charge in [-0.25, -0.2) is 0 Å². The van der Waals surface area contributed by atoms with E-state index in [0.29, 0.717) is 0 Å². The van der Waals surface area contributed by atoms with E-state index in [2.05, 4.69) is 15.9 Å². The zero-order chi connectivity index (χ0) is 9.19. The van der Waals surface area contributed by atoms with Crippen molar-refractivity contribution in [1.82, 2.24) is 0 Å². The normalized spacial score (nSPS) is 15.7. The van der Waals surface area contributed by atoms with Crippen molar-refractivity contribution in [3.63, 3.8) is 0 Å². The van der Waals surface area contributed by atoms with E-state index >= 15 is 0 Å². The van der Waals surface area contributed by atoms with Crippen molar-refractivity contribution in [3.05, 3.63) is 34.3 Å². The fraction of sp³-hybridized carbons (Fsp3) is 0.250. The molecule has 1 aromatic rings. The van der Waals surface area contributed by atoms with Crippen LogP contribution in [0.25, 0.3) is 0 Å². The molecule has 2 N–H and O–H groups in total. The van der Waals surface area contributed by atoms with Crippen molar-refractivity contribution in [1.29, 1.82) is 0 Å². The summed E-state index contributed by atoms with van der Waals surface area (Å²) in [6.45, 7) is 1.64. The van der Waals surface area contributed by atoms with Gasteiger partial charge in [0, 0.05) is 4.47 Å². The third-order valence-electron chi connectivity index (χ3n) is 1.58. The van der Waals surface area contributed by atoms with E-state index in [1.165, 1.54) is 0 Å². The highest BCUT2D eigenvalue weighted by atomic mass is 79.9. The highest BCUT2D eigenvalue weighted by molar-refractivity contribution is 9.10. The average molecular weight is 250 g/mol. The Morgan fingerprint density at radius 3 is 2.33 bits per heavy atom. The zero-order valence-corrected chi connectivity index (χ0v) is 8.95. The Hall–Kier alpha value is -0.0600. The molecule has 0 spiro atoms. The molecule has 0 aliphatic rings. The summed E-state index contributed by atoms with van der Waals surface area (Å²) in [5, 5.41) is 0. The van der Waals surface area contributed by atoms with Crippen molar-refractivity contribution >= 4 is 28.1 Å². The number of hydrogen-bond acceptors (Lipinski definition) is 2. The standard InChI is InChI=1S/C8H9BrFNS/c1-8(11,12-10)6-2-4-7(9)5-3-6/h2-5H,11H2,1H3. The molecule has 0 bridgehead atoms. The zero-order valence-electron chi connectivity index (χ0n) is 6.55. The minimum atomic E-state index is -0.944. The average Bonchev–Trinajstić information content (AvgIpc) is 2.05. The summed E-state index contributed by atoms with van der Waals surface area (Å²) in [5.41, 5.74) is 6.44. The summed E-state index contributed by atoms with van der Waals surface area (Å²) < 4.78 is 13.3. The first-order valence-electron chi connectivity index (χ1n) is 3.41. The van der Waals surface area contributed by atoms with Gasteiger partial charge >= 0.3 is 0 Å². The first-order valence-corrected chi connectivity index (χ1v) is 4.92. The molecule has 0 saturated heterocycles. The summed E-state index contributed by atoms with van der Waals surface area (Å²) in [6.07, 6.45) is 0. The van der Waals surface area contributed by atoms with E-state index in [1.54, 1.807) is 19.1 Å². The molecular weight excluding hydrogens is 241 g/mol. The molecule has 0 aliphatic heterocycles. The van der Waals surface area contributed by atoms with Crippen molar-refractivity contribution in [2.75, 3.05) is 0 Å². The maximum Gasteiger partial charge on any atom is 0.116 e. The van der Waals surface area contributed by atoms with Gasteiger partial charge in [0.15, 0.2) is 0 Å². The number of nitrogens with two attached hydrogens (primary N) is 1. The monoisotopic (exact) mass is 249 g/mol. The van der Waals surface area contributed by atoms with Gasteiger partial charge < -0.3 is 5.73 Å². The number of rotatable bonds is 2. The van der Waals surface area contributed by atoms with Crippen molar-refractivity contribution < 1.29 is 3.89 Å². The second-order valence-electron chi connectivity index (χ2n) is 2.69. The summed E-state index contributed by atoms with van der Waals surface area (Å²) in [5.74, 6) is 0. The summed E-state index contributed by atoms with van der Waals surface area (Å²) >= 11 is 3.44. The molecule has 12 heavy (non-hydrogen) atoms. The Kier molecular flexibility index (Phi) is 3.15. The lowest BCUT2D eigenvalue weighted by atomic mass is 10.1. The van der Waals surface area contributed by atoms with E-state index in [9.17, 15) is 3.89 Å². The van der Waals surface area contributed by atoms with Crippen LogP contribution in [0, 0.1) is 0 Å². The third-order valence-corrected chi connectivity index (χ3v) is 2.66. The predicted octanol–water partition coefficient (Wildman–Crippen LogP) is 3.20. The predicted molar refractivity (Wildman–Crippen MR) is 54.4 cm³/mol. The molecule has 1 rings (SSSR count). The topological polar surface area (TPSA) is 26.0 Å². The van der Waals surface area contributed by atoms with Crippen LogP contribution in [0.1, 0.15) is 12.5 Å². The second kappa shape index (κ2) is 3.77. The van der Waals surface area contributed by atoms with Gasteiger partial charge in [-0.1, -0.05) is 28.1 Å². The largest absolute Gasteiger partial charge is 0.311 e. The molecule has 0 heterocycles. The van der Waals surface area contributed by atoms with Gasteiger partial charge in [0.25, 0.3) is 0 Å². The Morgan fingerprint density at radius 1 is 1.42 bits per heavy atom. The Balaban J connectivity index is 2.96. The van der Waals surface area contributed by atoms with Gasteiger partial charge in [-0.3, -0.25) is 0 Å². The van der Waals surface area contributed by atoms with Gasteiger partial charge in [0.05, 0.1) is 12.1 Å². The van der Waals surface area contributed by atoms with Crippen LogP contribution in [0.4, 0.5) is 3.89 Å². The molecule has 1 nitrogen and oxygen atoms in total. The third kappa shape index (κ3) is 2.21. The maximum atomic E-state index is 12.3. The summed E-state index contributed by atoms with van der Waals surface area (Å²) in [7, 11) is 0. The lowest BCUT2D eigenvalue weighted by molar-refractivity contribution is 0.705. The van der Waals surface area contributed by atoms with Crippen LogP contribution in [0.3, 0.4) is 0 Å². The molecule has 1 aromatic carbocycles. The highest BCUT2D eigenvalue weighted by Gasteiger charge is 2.22. The first kappa shape index (κ1) is 10.0. The van der Waals surface area contributed by atoms with Crippen LogP contribution in [-0.4, -0.2) is 0 Å². The number of hydrogen-bond donors (Lipinski definition) is 1. The van der Waals surface area contributed by atoms with Crippen LogP contribution < -0.4 is 5.73 Å². The van der Waals surface area contributed by atoms with Crippen molar-refractivity contribution in [3.8, 4) is 0 Å². The maximum absolute atomic E-state index is 12.3. The molecule has 0 saturated carbocycles. The SMILES string of the molecule is CC(N)(SF)c1ccc(Br)cc1. The summed E-state index contributed by atoms with van der Waals surface area (Å²) in [4.78, 5) is -0.944. The Labute approximate surface area is 84.0 Å². The Morgan fingerprint density at radius 2 is 1.92 bits per heavy atom. The molecule has 1 unspecified atom stereocenters. The quantitative estimate of drug-likeness (QED) is 0.815. The van der Waals surface area contributed by atoms with Gasteiger partial charge in [-0.2, -0.15) is 3.89 Å². The van der Waals surface area contributed by atoms with Crippen LogP contribution >= 0.6 is 28.1 Å². The van der Waals surface area contributed by atoms with E-state index < -0.39 is 4.87 Å². The van der Waals surface area contributed by atoms with Crippen molar-refractivity contribution in [2.24, 2.45) is 5.73 Å². The van der Waals surface area contributed by atoms with Gasteiger partial charge in [-0.15, -0.1) is 0 Å². The lowest BCUT2D eigenvalue weighted by Gasteiger charge is -2.18. The molecule has 0 amide bonds. The van der Waals surface area contributed by atoms with Gasteiger partial charge in [0.2, 0.25) is 0 Å². The van der Waals surface area contributed by atoms with E-state index in [0.717, 1.165) is 10.0 Å². The highest BCUT2D eigenvalue weighted by Crippen LogP contribution is 2.31. The fourth-order valence-corrected chi connectivity index (χ4v) is 1.31. The van der Waals surface area contributed by atoms with Crippen LogP contribution in [-0.2, 0) is 4.87 Å². The number of benzene rings is 1. The summed E-state index contributed by atoms with van der Waals surface area (Å²) in [6, 6.07) is 7.29. The van der Waals surface area contributed by atoms with Gasteiger partial charge in [-0.05, 0) is 24.6 Å². The molecule has 0 aliphatic carbocycles. The van der Waals surface area contributed by atoms with Crippen LogP contribution in [0.2, 0.25) is 0 Å².